The van der Waals surface area contributed by atoms with Gasteiger partial charge in [-0.2, -0.15) is 0 Å². The van der Waals surface area contributed by atoms with Crippen molar-refractivity contribution >= 4 is 61.5 Å². The van der Waals surface area contributed by atoms with E-state index in [-0.39, 0.29) is 0 Å². The third-order valence-electron chi connectivity index (χ3n) is 2.21. The maximum atomic E-state index is 10.1. The number of halogens is 3. The van der Waals surface area contributed by atoms with Gasteiger partial charge in [-0.3, -0.25) is 0 Å². The molecule has 2 rings (SSSR count). The van der Waals surface area contributed by atoms with E-state index in [1.807, 2.05) is 18.2 Å². The van der Waals surface area contributed by atoms with Gasteiger partial charge in [0, 0.05) is 15.9 Å². The van der Waals surface area contributed by atoms with Gasteiger partial charge in [0.25, 0.3) is 0 Å². The first-order valence-electron chi connectivity index (χ1n) is 4.79. The molecular formula is C11H8BrClINOS. The van der Waals surface area contributed by atoms with Gasteiger partial charge in [0.05, 0.1) is 9.08 Å². The topological polar surface area (TPSA) is 33.1 Å². The number of hydrogen-bond acceptors (Lipinski definition) is 3. The van der Waals surface area contributed by atoms with Crippen LogP contribution >= 0.6 is 61.5 Å². The van der Waals surface area contributed by atoms with Gasteiger partial charge in [0.15, 0.2) is 0 Å². The van der Waals surface area contributed by atoms with Gasteiger partial charge >= 0.3 is 0 Å². The van der Waals surface area contributed by atoms with E-state index in [1.54, 1.807) is 6.20 Å². The normalized spacial score (nSPS) is 12.7. The van der Waals surface area contributed by atoms with Crippen molar-refractivity contribution in [1.82, 2.24) is 4.98 Å². The Morgan fingerprint density at radius 2 is 2.29 bits per heavy atom. The third kappa shape index (κ3) is 3.64. The molecule has 0 aliphatic carbocycles. The van der Waals surface area contributed by atoms with Gasteiger partial charge in [-0.15, -0.1) is 11.3 Å². The fourth-order valence-corrected chi connectivity index (χ4v) is 3.60. The molecule has 0 saturated heterocycles. The van der Waals surface area contributed by atoms with E-state index < -0.39 is 6.10 Å². The number of thiazole rings is 1. The van der Waals surface area contributed by atoms with Crippen molar-refractivity contribution in [3.63, 3.8) is 0 Å². The van der Waals surface area contributed by atoms with Crippen molar-refractivity contribution in [3.8, 4) is 0 Å². The Balaban J connectivity index is 2.15. The largest absolute Gasteiger partial charge is 0.386 e. The second kappa shape index (κ2) is 5.97. The molecule has 1 atom stereocenters. The Labute approximate surface area is 130 Å². The van der Waals surface area contributed by atoms with Crippen LogP contribution in [0.25, 0.3) is 0 Å². The highest BCUT2D eigenvalue weighted by Gasteiger charge is 2.14. The van der Waals surface area contributed by atoms with Crippen molar-refractivity contribution in [2.75, 3.05) is 0 Å². The van der Waals surface area contributed by atoms with E-state index in [2.05, 4.69) is 43.5 Å². The minimum Gasteiger partial charge on any atom is -0.386 e. The Hall–Kier alpha value is 0.310. The maximum Gasteiger partial charge on any atom is 0.123 e. The van der Waals surface area contributed by atoms with Crippen molar-refractivity contribution in [1.29, 1.82) is 0 Å². The predicted molar refractivity (Wildman–Crippen MR) is 82.6 cm³/mol. The van der Waals surface area contributed by atoms with Crippen LogP contribution in [0.2, 0.25) is 5.02 Å². The molecule has 0 radical (unpaired) electrons. The standard InChI is InChI=1S/C11H8BrClINOS/c12-7-2-1-6(8(13)4-7)3-9(16)11-15-5-10(14)17-11/h1-2,4-5,9,16H,3H2. The van der Waals surface area contributed by atoms with Crippen LogP contribution in [0.1, 0.15) is 16.7 Å². The first-order valence-corrected chi connectivity index (χ1v) is 7.86. The predicted octanol–water partition coefficient (Wildman–Crippen LogP) is 4.44. The SMILES string of the molecule is OC(Cc1ccc(Br)cc1Cl)c1ncc(I)s1. The molecule has 1 unspecified atom stereocenters. The number of aromatic nitrogens is 1. The number of benzene rings is 1. The lowest BCUT2D eigenvalue weighted by Gasteiger charge is -2.09. The summed E-state index contributed by atoms with van der Waals surface area (Å²) in [7, 11) is 0. The zero-order valence-electron chi connectivity index (χ0n) is 8.53. The minimum atomic E-state index is -0.595. The molecule has 0 amide bonds. The number of aliphatic hydroxyl groups excluding tert-OH is 1. The molecule has 2 aromatic rings. The summed E-state index contributed by atoms with van der Waals surface area (Å²) >= 11 is 13.1. The van der Waals surface area contributed by atoms with Crippen LogP contribution in [-0.4, -0.2) is 10.1 Å². The van der Waals surface area contributed by atoms with Gasteiger partial charge in [-0.05, 0) is 40.3 Å². The van der Waals surface area contributed by atoms with Gasteiger partial charge in [0.1, 0.15) is 11.1 Å². The van der Waals surface area contributed by atoms with Crippen molar-refractivity contribution in [3.05, 3.63) is 47.3 Å². The third-order valence-corrected chi connectivity index (χ3v) is 4.88. The summed E-state index contributed by atoms with van der Waals surface area (Å²) in [5, 5.41) is 11.4. The summed E-state index contributed by atoms with van der Waals surface area (Å²) in [5.74, 6) is 0. The molecular weight excluding hydrogens is 436 g/mol. The Kier molecular flexibility index (Phi) is 4.82. The summed E-state index contributed by atoms with van der Waals surface area (Å²) in [6, 6.07) is 5.66. The van der Waals surface area contributed by atoms with Crippen molar-refractivity contribution in [2.45, 2.75) is 12.5 Å². The quantitative estimate of drug-likeness (QED) is 0.710. The second-order valence-corrected chi connectivity index (χ2v) is 7.74. The molecule has 0 aliphatic heterocycles. The highest BCUT2D eigenvalue weighted by molar-refractivity contribution is 14.1. The van der Waals surface area contributed by atoms with Crippen LogP contribution in [0.5, 0.6) is 0 Å². The molecule has 0 aliphatic rings. The molecule has 6 heteroatoms. The Bertz CT molecular complexity index is 534. The smallest absolute Gasteiger partial charge is 0.123 e. The maximum absolute atomic E-state index is 10.1. The van der Waals surface area contributed by atoms with Gasteiger partial charge in [-0.1, -0.05) is 33.6 Å². The fourth-order valence-electron chi connectivity index (χ4n) is 1.40. The van der Waals surface area contributed by atoms with Crippen LogP contribution in [0.3, 0.4) is 0 Å². The van der Waals surface area contributed by atoms with E-state index in [9.17, 15) is 5.11 Å². The average Bonchev–Trinajstić information content (AvgIpc) is 2.69. The number of nitrogens with zero attached hydrogens (tertiary/aromatic N) is 1. The van der Waals surface area contributed by atoms with Gasteiger partial charge in [-0.25, -0.2) is 4.98 Å². The molecule has 1 aromatic heterocycles. The number of aliphatic hydroxyl groups is 1. The Morgan fingerprint density at radius 1 is 1.53 bits per heavy atom. The number of rotatable bonds is 3. The van der Waals surface area contributed by atoms with E-state index in [0.717, 1.165) is 17.9 Å². The number of hydrogen-bond donors (Lipinski definition) is 1. The first-order chi connectivity index (χ1) is 8.06. The summed E-state index contributed by atoms with van der Waals surface area (Å²) in [6.45, 7) is 0. The summed E-state index contributed by atoms with van der Waals surface area (Å²) in [6.07, 6.45) is 1.64. The monoisotopic (exact) mass is 443 g/mol. The lowest BCUT2D eigenvalue weighted by Crippen LogP contribution is -2.01. The molecule has 90 valence electrons. The van der Waals surface area contributed by atoms with Crippen molar-refractivity contribution < 1.29 is 5.11 Å². The molecule has 17 heavy (non-hydrogen) atoms. The molecule has 0 fully saturated rings. The minimum absolute atomic E-state index is 0.482. The first kappa shape index (κ1) is 13.7. The van der Waals surface area contributed by atoms with Crippen LogP contribution in [0, 0.1) is 2.88 Å². The lowest BCUT2D eigenvalue weighted by atomic mass is 10.1. The fraction of sp³-hybridized carbons (Fsp3) is 0.182. The van der Waals surface area contributed by atoms with Gasteiger partial charge in [0.2, 0.25) is 0 Å². The van der Waals surface area contributed by atoms with E-state index in [4.69, 9.17) is 11.6 Å². The van der Waals surface area contributed by atoms with Crippen molar-refractivity contribution in [2.24, 2.45) is 0 Å². The van der Waals surface area contributed by atoms with Crippen LogP contribution in [0.15, 0.2) is 28.9 Å². The molecule has 1 N–H and O–H groups in total. The van der Waals surface area contributed by atoms with E-state index in [0.29, 0.717) is 11.4 Å². The zero-order valence-corrected chi connectivity index (χ0v) is 13.8. The van der Waals surface area contributed by atoms with Crippen LogP contribution < -0.4 is 0 Å². The highest BCUT2D eigenvalue weighted by Crippen LogP contribution is 2.28. The van der Waals surface area contributed by atoms with E-state index >= 15 is 0 Å². The molecule has 0 bridgehead atoms. The molecule has 0 spiro atoms. The Morgan fingerprint density at radius 3 is 2.88 bits per heavy atom. The summed E-state index contributed by atoms with van der Waals surface area (Å²) in [5.41, 5.74) is 0.924. The van der Waals surface area contributed by atoms with Crippen LogP contribution in [0.4, 0.5) is 0 Å². The summed E-state index contributed by atoms with van der Waals surface area (Å²) < 4.78 is 2.00. The second-order valence-electron chi connectivity index (χ2n) is 3.46. The summed E-state index contributed by atoms with van der Waals surface area (Å²) in [4.78, 5) is 4.17. The van der Waals surface area contributed by atoms with Crippen LogP contribution in [-0.2, 0) is 6.42 Å². The highest BCUT2D eigenvalue weighted by atomic mass is 127. The van der Waals surface area contributed by atoms with Gasteiger partial charge < -0.3 is 5.11 Å². The molecule has 2 nitrogen and oxygen atoms in total. The average molecular weight is 445 g/mol. The molecule has 1 heterocycles. The molecule has 0 saturated carbocycles. The lowest BCUT2D eigenvalue weighted by molar-refractivity contribution is 0.178. The van der Waals surface area contributed by atoms with E-state index in [1.165, 1.54) is 11.3 Å². The molecule has 1 aromatic carbocycles. The zero-order chi connectivity index (χ0) is 12.4.